The highest BCUT2D eigenvalue weighted by atomic mass is 19.2. The standard InChI is InChI=1S/C10H7F4NO2/c11-6-3-1-5(10(16)17)15-2-4(3)7(12)9(14)8(6)13/h5,15H,1-2H2,(H,16,17). The third-order valence-electron chi connectivity index (χ3n) is 2.70. The first kappa shape index (κ1) is 11.8. The third kappa shape index (κ3) is 1.76. The number of nitrogens with one attached hydrogen (secondary N) is 1. The summed E-state index contributed by atoms with van der Waals surface area (Å²) in [6.45, 7) is -0.355. The summed E-state index contributed by atoms with van der Waals surface area (Å²) in [6, 6.07) is -1.14. The second kappa shape index (κ2) is 3.99. The van der Waals surface area contributed by atoms with Crippen LogP contribution in [0.25, 0.3) is 0 Å². The second-order valence-corrected chi connectivity index (χ2v) is 3.69. The average molecular weight is 249 g/mol. The molecule has 0 radical (unpaired) electrons. The van der Waals surface area contributed by atoms with Crippen LogP contribution in [0.3, 0.4) is 0 Å². The van der Waals surface area contributed by atoms with Gasteiger partial charge in [0.15, 0.2) is 23.3 Å². The van der Waals surface area contributed by atoms with E-state index < -0.39 is 47.3 Å². The van der Waals surface area contributed by atoms with Crippen molar-refractivity contribution in [3.8, 4) is 0 Å². The molecule has 0 saturated carbocycles. The summed E-state index contributed by atoms with van der Waals surface area (Å²) in [4.78, 5) is 10.7. The highest BCUT2D eigenvalue weighted by molar-refractivity contribution is 5.74. The largest absolute Gasteiger partial charge is 0.480 e. The molecule has 1 aromatic rings. The van der Waals surface area contributed by atoms with Crippen LogP contribution in [0.4, 0.5) is 17.6 Å². The summed E-state index contributed by atoms with van der Waals surface area (Å²) < 4.78 is 52.5. The van der Waals surface area contributed by atoms with E-state index in [1.807, 2.05) is 0 Å². The topological polar surface area (TPSA) is 49.3 Å². The Balaban J connectivity index is 2.55. The Kier molecular flexibility index (Phi) is 2.78. The van der Waals surface area contributed by atoms with E-state index in [0.29, 0.717) is 0 Å². The van der Waals surface area contributed by atoms with Gasteiger partial charge in [0.1, 0.15) is 6.04 Å². The van der Waals surface area contributed by atoms with Gasteiger partial charge in [0.2, 0.25) is 0 Å². The predicted octanol–water partition coefficient (Wildman–Crippen LogP) is 1.34. The fourth-order valence-corrected chi connectivity index (χ4v) is 1.80. The molecule has 0 amide bonds. The minimum Gasteiger partial charge on any atom is -0.480 e. The zero-order valence-corrected chi connectivity index (χ0v) is 8.36. The number of aliphatic carboxylic acids is 1. The molecule has 17 heavy (non-hydrogen) atoms. The van der Waals surface area contributed by atoms with Crippen molar-refractivity contribution in [2.75, 3.05) is 0 Å². The average Bonchev–Trinajstić information content (AvgIpc) is 2.32. The van der Waals surface area contributed by atoms with Crippen molar-refractivity contribution < 1.29 is 27.5 Å². The molecular weight excluding hydrogens is 242 g/mol. The van der Waals surface area contributed by atoms with E-state index in [9.17, 15) is 22.4 Å². The normalized spacial score (nSPS) is 18.9. The number of carboxylic acids is 1. The van der Waals surface area contributed by atoms with Gasteiger partial charge in [-0.1, -0.05) is 0 Å². The number of rotatable bonds is 1. The molecule has 1 aromatic carbocycles. The van der Waals surface area contributed by atoms with Crippen LogP contribution in [0.15, 0.2) is 0 Å². The van der Waals surface area contributed by atoms with Crippen LogP contribution in [0.5, 0.6) is 0 Å². The number of hydrogen-bond acceptors (Lipinski definition) is 2. The van der Waals surface area contributed by atoms with Gasteiger partial charge in [0.05, 0.1) is 0 Å². The molecule has 2 N–H and O–H groups in total. The highest BCUT2D eigenvalue weighted by Gasteiger charge is 2.32. The van der Waals surface area contributed by atoms with Crippen LogP contribution in [0.1, 0.15) is 11.1 Å². The monoisotopic (exact) mass is 249 g/mol. The molecule has 0 spiro atoms. The lowest BCUT2D eigenvalue weighted by Gasteiger charge is -2.24. The molecule has 2 rings (SSSR count). The summed E-state index contributed by atoms with van der Waals surface area (Å²) in [6.07, 6.45) is -0.426. The van der Waals surface area contributed by atoms with E-state index in [4.69, 9.17) is 5.11 Å². The van der Waals surface area contributed by atoms with Crippen LogP contribution in [0, 0.1) is 23.3 Å². The van der Waals surface area contributed by atoms with Crippen molar-refractivity contribution in [3.63, 3.8) is 0 Å². The molecule has 3 nitrogen and oxygen atoms in total. The van der Waals surface area contributed by atoms with Crippen molar-refractivity contribution >= 4 is 5.97 Å². The van der Waals surface area contributed by atoms with E-state index in [1.165, 1.54) is 0 Å². The predicted molar refractivity (Wildman–Crippen MR) is 48.2 cm³/mol. The molecular formula is C10H7F4NO2. The molecule has 0 aliphatic carbocycles. The molecule has 1 heterocycles. The van der Waals surface area contributed by atoms with Gasteiger partial charge < -0.3 is 5.11 Å². The minimum atomic E-state index is -1.91. The van der Waals surface area contributed by atoms with Crippen LogP contribution in [-0.4, -0.2) is 17.1 Å². The maximum absolute atomic E-state index is 13.4. The van der Waals surface area contributed by atoms with Gasteiger partial charge in [-0.2, -0.15) is 0 Å². The molecule has 1 aliphatic rings. The summed E-state index contributed by atoms with van der Waals surface area (Å²) in [5.74, 6) is -8.05. The molecule has 0 fully saturated rings. The number of hydrogen-bond donors (Lipinski definition) is 2. The number of benzene rings is 1. The van der Waals surface area contributed by atoms with Gasteiger partial charge in [0.25, 0.3) is 0 Å². The van der Waals surface area contributed by atoms with Crippen LogP contribution < -0.4 is 5.32 Å². The second-order valence-electron chi connectivity index (χ2n) is 3.69. The van der Waals surface area contributed by atoms with Gasteiger partial charge in [-0.3, -0.25) is 10.1 Å². The smallest absolute Gasteiger partial charge is 0.321 e. The Morgan fingerprint density at radius 1 is 1.06 bits per heavy atom. The van der Waals surface area contributed by atoms with Crippen LogP contribution >= 0.6 is 0 Å². The number of carboxylic acid groups (broad SMARTS) is 1. The van der Waals surface area contributed by atoms with Crippen molar-refractivity contribution in [1.29, 1.82) is 0 Å². The highest BCUT2D eigenvalue weighted by Crippen LogP contribution is 2.27. The summed E-state index contributed by atoms with van der Waals surface area (Å²) in [5.41, 5.74) is -0.786. The summed E-state index contributed by atoms with van der Waals surface area (Å²) in [5, 5.41) is 11.1. The van der Waals surface area contributed by atoms with E-state index >= 15 is 0 Å². The van der Waals surface area contributed by atoms with Crippen molar-refractivity contribution in [3.05, 3.63) is 34.4 Å². The van der Waals surface area contributed by atoms with Gasteiger partial charge in [-0.05, 0) is 0 Å². The summed E-state index contributed by atoms with van der Waals surface area (Å²) in [7, 11) is 0. The van der Waals surface area contributed by atoms with Gasteiger partial charge >= 0.3 is 5.97 Å². The fraction of sp³-hybridized carbons (Fsp3) is 0.300. The van der Waals surface area contributed by atoms with Gasteiger partial charge in [-0.15, -0.1) is 0 Å². The first-order valence-electron chi connectivity index (χ1n) is 4.73. The quantitative estimate of drug-likeness (QED) is 0.448. The Bertz CT molecular complexity index is 504. The van der Waals surface area contributed by atoms with E-state index in [0.717, 1.165) is 0 Å². The van der Waals surface area contributed by atoms with Crippen molar-refractivity contribution in [1.82, 2.24) is 5.32 Å². The first-order valence-corrected chi connectivity index (χ1v) is 4.73. The van der Waals surface area contributed by atoms with Crippen LogP contribution in [0.2, 0.25) is 0 Å². The molecule has 0 bridgehead atoms. The maximum Gasteiger partial charge on any atom is 0.321 e. The van der Waals surface area contributed by atoms with E-state index in [-0.39, 0.29) is 12.1 Å². The zero-order valence-electron chi connectivity index (χ0n) is 8.36. The Hall–Kier alpha value is -1.63. The third-order valence-corrected chi connectivity index (χ3v) is 2.70. The van der Waals surface area contributed by atoms with Crippen molar-refractivity contribution in [2.45, 2.75) is 19.0 Å². The molecule has 92 valence electrons. The van der Waals surface area contributed by atoms with Gasteiger partial charge in [-0.25, -0.2) is 17.6 Å². The lowest BCUT2D eigenvalue weighted by molar-refractivity contribution is -0.139. The number of fused-ring (bicyclic) bond motifs is 1. The summed E-state index contributed by atoms with van der Waals surface area (Å²) >= 11 is 0. The Morgan fingerprint density at radius 3 is 2.12 bits per heavy atom. The maximum atomic E-state index is 13.4. The van der Waals surface area contributed by atoms with E-state index in [1.54, 1.807) is 0 Å². The lowest BCUT2D eigenvalue weighted by Crippen LogP contribution is -2.42. The SMILES string of the molecule is O=C(O)C1Cc2c(F)c(F)c(F)c(F)c2CN1. The number of carbonyl (C=O) groups is 1. The molecule has 0 saturated heterocycles. The fourth-order valence-electron chi connectivity index (χ4n) is 1.80. The molecule has 1 atom stereocenters. The van der Waals surface area contributed by atoms with Crippen LogP contribution in [-0.2, 0) is 17.8 Å². The Morgan fingerprint density at radius 2 is 1.59 bits per heavy atom. The Labute approximate surface area is 93.1 Å². The van der Waals surface area contributed by atoms with E-state index in [2.05, 4.69) is 5.32 Å². The zero-order chi connectivity index (χ0) is 12.7. The molecule has 1 unspecified atom stereocenters. The molecule has 7 heteroatoms. The minimum absolute atomic E-state index is 0.355. The molecule has 0 aromatic heterocycles. The lowest BCUT2D eigenvalue weighted by atomic mass is 9.94. The van der Waals surface area contributed by atoms with Gasteiger partial charge in [0, 0.05) is 24.1 Å². The van der Waals surface area contributed by atoms with Crippen molar-refractivity contribution in [2.24, 2.45) is 0 Å². The first-order chi connectivity index (χ1) is 7.93. The number of halogens is 4. The molecule has 1 aliphatic heterocycles.